The number of hydrazine groups is 1. The van der Waals surface area contributed by atoms with Gasteiger partial charge in [-0.2, -0.15) is 4.98 Å². The molecular formula is C14H21N5S. The average Bonchev–Trinajstić information content (AvgIpc) is 3.07. The Morgan fingerprint density at radius 1 is 1.40 bits per heavy atom. The lowest BCUT2D eigenvalue weighted by Crippen LogP contribution is -2.34. The summed E-state index contributed by atoms with van der Waals surface area (Å²) in [4.78, 5) is 13.8. The highest BCUT2D eigenvalue weighted by Gasteiger charge is 2.25. The molecule has 1 aliphatic rings. The lowest BCUT2D eigenvalue weighted by Gasteiger charge is -2.29. The Morgan fingerprint density at radius 3 is 2.80 bits per heavy atom. The molecule has 0 spiro atoms. The Balaban J connectivity index is 2.11. The van der Waals surface area contributed by atoms with Crippen LogP contribution in [0.2, 0.25) is 0 Å². The third kappa shape index (κ3) is 2.33. The smallest absolute Gasteiger partial charge is 0.240 e. The fraction of sp³-hybridized carbons (Fsp3) is 0.571. The predicted octanol–water partition coefficient (Wildman–Crippen LogP) is 3.05. The molecule has 1 saturated carbocycles. The molecule has 0 aromatic carbocycles. The summed E-state index contributed by atoms with van der Waals surface area (Å²) in [6.45, 7) is 5.27. The molecule has 0 radical (unpaired) electrons. The number of nitrogens with zero attached hydrogens (tertiary/aromatic N) is 3. The zero-order valence-electron chi connectivity index (χ0n) is 12.0. The topological polar surface area (TPSA) is 67.1 Å². The maximum absolute atomic E-state index is 5.52. The lowest BCUT2D eigenvalue weighted by atomic mass is 10.2. The van der Waals surface area contributed by atoms with Crippen molar-refractivity contribution in [1.82, 2.24) is 9.97 Å². The maximum atomic E-state index is 5.52. The van der Waals surface area contributed by atoms with Crippen LogP contribution in [0.25, 0.3) is 10.2 Å². The number of nitrogens with one attached hydrogen (secondary N) is 1. The summed E-state index contributed by atoms with van der Waals surface area (Å²) in [5, 5.41) is 1.15. The summed E-state index contributed by atoms with van der Waals surface area (Å²) in [7, 11) is 0. The van der Waals surface area contributed by atoms with E-state index in [0.29, 0.717) is 12.0 Å². The fourth-order valence-electron chi connectivity index (χ4n) is 3.11. The van der Waals surface area contributed by atoms with Crippen molar-refractivity contribution in [3.8, 4) is 0 Å². The molecule has 3 N–H and O–H groups in total. The van der Waals surface area contributed by atoms with E-state index >= 15 is 0 Å². The van der Waals surface area contributed by atoms with E-state index < -0.39 is 0 Å². The number of aromatic nitrogens is 2. The molecule has 0 bridgehead atoms. The van der Waals surface area contributed by atoms with Crippen LogP contribution in [-0.4, -0.2) is 22.6 Å². The number of anilines is 2. The van der Waals surface area contributed by atoms with Crippen molar-refractivity contribution in [2.75, 3.05) is 16.9 Å². The van der Waals surface area contributed by atoms with E-state index in [2.05, 4.69) is 40.2 Å². The van der Waals surface area contributed by atoms with Crippen LogP contribution in [0.5, 0.6) is 0 Å². The molecule has 0 saturated heterocycles. The Morgan fingerprint density at radius 2 is 2.15 bits per heavy atom. The van der Waals surface area contributed by atoms with Crippen LogP contribution in [0.15, 0.2) is 6.07 Å². The summed E-state index contributed by atoms with van der Waals surface area (Å²) in [6.07, 6.45) is 5.15. The second-order valence-electron chi connectivity index (χ2n) is 5.32. The van der Waals surface area contributed by atoms with Gasteiger partial charge in [-0.1, -0.05) is 12.8 Å². The van der Waals surface area contributed by atoms with Crippen LogP contribution in [0, 0.1) is 6.92 Å². The van der Waals surface area contributed by atoms with Crippen LogP contribution in [-0.2, 0) is 0 Å². The highest BCUT2D eigenvalue weighted by Crippen LogP contribution is 2.35. The molecule has 1 fully saturated rings. The Bertz CT molecular complexity index is 603. The van der Waals surface area contributed by atoms with Crippen molar-refractivity contribution in [2.45, 2.75) is 45.6 Å². The molecule has 6 heteroatoms. The first-order chi connectivity index (χ1) is 9.72. The van der Waals surface area contributed by atoms with E-state index in [-0.39, 0.29) is 0 Å². The van der Waals surface area contributed by atoms with Crippen molar-refractivity contribution < 1.29 is 0 Å². The SMILES string of the molecule is CCN(c1nc(NN)nc2sc(C)cc12)C1CCCC1. The van der Waals surface area contributed by atoms with Gasteiger partial charge in [-0.25, -0.2) is 10.8 Å². The molecule has 0 atom stereocenters. The molecule has 3 rings (SSSR count). The van der Waals surface area contributed by atoms with Gasteiger partial charge in [0.2, 0.25) is 5.95 Å². The monoisotopic (exact) mass is 291 g/mol. The van der Waals surface area contributed by atoms with Gasteiger partial charge in [-0.3, -0.25) is 5.43 Å². The van der Waals surface area contributed by atoms with Gasteiger partial charge in [0.15, 0.2) is 0 Å². The van der Waals surface area contributed by atoms with E-state index in [1.165, 1.54) is 30.6 Å². The van der Waals surface area contributed by atoms with Crippen molar-refractivity contribution in [3.05, 3.63) is 10.9 Å². The molecule has 0 amide bonds. The number of rotatable bonds is 4. The number of nitrogens with two attached hydrogens (primary N) is 1. The number of thiophene rings is 1. The van der Waals surface area contributed by atoms with Crippen LogP contribution in [0.3, 0.4) is 0 Å². The second kappa shape index (κ2) is 5.54. The van der Waals surface area contributed by atoms with Crippen molar-refractivity contribution in [1.29, 1.82) is 0 Å². The number of fused-ring (bicyclic) bond motifs is 1. The first-order valence-electron chi connectivity index (χ1n) is 7.24. The van der Waals surface area contributed by atoms with E-state index in [1.807, 2.05) is 0 Å². The van der Waals surface area contributed by atoms with Gasteiger partial charge in [0, 0.05) is 17.5 Å². The number of hydrogen-bond donors (Lipinski definition) is 2. The van der Waals surface area contributed by atoms with Gasteiger partial charge in [-0.05, 0) is 32.8 Å². The average molecular weight is 291 g/mol. The summed E-state index contributed by atoms with van der Waals surface area (Å²) < 4.78 is 0. The van der Waals surface area contributed by atoms with E-state index in [1.54, 1.807) is 11.3 Å². The molecule has 5 nitrogen and oxygen atoms in total. The number of nitrogen functional groups attached to an aromatic ring is 1. The molecule has 108 valence electrons. The van der Waals surface area contributed by atoms with Crippen LogP contribution in [0.4, 0.5) is 11.8 Å². The van der Waals surface area contributed by atoms with Crippen LogP contribution in [0.1, 0.15) is 37.5 Å². The standard InChI is InChI=1S/C14H21N5S/c1-3-19(10-6-4-5-7-10)12-11-8-9(2)20-13(11)17-14(16-12)18-15/h8,10H,3-7,15H2,1-2H3,(H,16,17,18). The van der Waals surface area contributed by atoms with Gasteiger partial charge in [0.05, 0.1) is 5.39 Å². The van der Waals surface area contributed by atoms with Gasteiger partial charge in [0.1, 0.15) is 10.6 Å². The van der Waals surface area contributed by atoms with Gasteiger partial charge >= 0.3 is 0 Å². The van der Waals surface area contributed by atoms with Gasteiger partial charge in [0.25, 0.3) is 0 Å². The first kappa shape index (κ1) is 13.6. The first-order valence-corrected chi connectivity index (χ1v) is 8.06. The maximum Gasteiger partial charge on any atom is 0.240 e. The summed E-state index contributed by atoms with van der Waals surface area (Å²) >= 11 is 1.69. The lowest BCUT2D eigenvalue weighted by molar-refractivity contribution is 0.615. The quantitative estimate of drug-likeness (QED) is 0.669. The zero-order valence-corrected chi connectivity index (χ0v) is 12.8. The van der Waals surface area contributed by atoms with E-state index in [4.69, 9.17) is 5.84 Å². The van der Waals surface area contributed by atoms with E-state index in [0.717, 1.165) is 22.6 Å². The normalized spacial score (nSPS) is 15.9. The molecule has 1 aliphatic carbocycles. The predicted molar refractivity (Wildman–Crippen MR) is 85.2 cm³/mol. The zero-order chi connectivity index (χ0) is 14.1. The van der Waals surface area contributed by atoms with Crippen LogP contribution < -0.4 is 16.2 Å². The summed E-state index contributed by atoms with van der Waals surface area (Å²) in [5.41, 5.74) is 2.60. The molecule has 20 heavy (non-hydrogen) atoms. The summed E-state index contributed by atoms with van der Waals surface area (Å²) in [5.74, 6) is 7.06. The summed E-state index contributed by atoms with van der Waals surface area (Å²) in [6, 6.07) is 2.79. The van der Waals surface area contributed by atoms with Crippen molar-refractivity contribution >= 4 is 33.3 Å². The van der Waals surface area contributed by atoms with Gasteiger partial charge in [-0.15, -0.1) is 11.3 Å². The number of aryl methyl sites for hydroxylation is 1. The minimum Gasteiger partial charge on any atom is -0.353 e. The molecule has 0 unspecified atom stereocenters. The number of hydrogen-bond acceptors (Lipinski definition) is 6. The van der Waals surface area contributed by atoms with Crippen molar-refractivity contribution in [2.24, 2.45) is 5.84 Å². The largest absolute Gasteiger partial charge is 0.353 e. The van der Waals surface area contributed by atoms with E-state index in [9.17, 15) is 0 Å². The fourth-order valence-corrected chi connectivity index (χ4v) is 3.98. The molecule has 2 aromatic heterocycles. The minimum atomic E-state index is 0.505. The Labute approximate surface area is 123 Å². The third-order valence-electron chi connectivity index (χ3n) is 4.00. The highest BCUT2D eigenvalue weighted by atomic mass is 32.1. The molecule has 0 aliphatic heterocycles. The molecule has 2 heterocycles. The van der Waals surface area contributed by atoms with Crippen molar-refractivity contribution in [3.63, 3.8) is 0 Å². The second-order valence-corrected chi connectivity index (χ2v) is 6.55. The highest BCUT2D eigenvalue weighted by molar-refractivity contribution is 7.18. The molecule has 2 aromatic rings. The minimum absolute atomic E-state index is 0.505. The van der Waals surface area contributed by atoms with Crippen LogP contribution >= 0.6 is 11.3 Å². The third-order valence-corrected chi connectivity index (χ3v) is 4.95. The Hall–Kier alpha value is -1.40. The Kier molecular flexibility index (Phi) is 3.76. The molecular weight excluding hydrogens is 270 g/mol. The van der Waals surface area contributed by atoms with Gasteiger partial charge < -0.3 is 4.90 Å².